The van der Waals surface area contributed by atoms with E-state index in [0.29, 0.717) is 18.4 Å². The smallest absolute Gasteiger partial charge is 0.314 e. The summed E-state index contributed by atoms with van der Waals surface area (Å²) in [6.07, 6.45) is 2.06. The van der Waals surface area contributed by atoms with Crippen LogP contribution < -0.4 is 0 Å². The van der Waals surface area contributed by atoms with Crippen molar-refractivity contribution >= 4 is 5.97 Å². The second kappa shape index (κ2) is 3.15. The molecule has 0 heterocycles. The fourth-order valence-corrected chi connectivity index (χ4v) is 1.98. The van der Waals surface area contributed by atoms with Gasteiger partial charge in [-0.3, -0.25) is 4.79 Å². The van der Waals surface area contributed by atoms with Crippen molar-refractivity contribution in [1.29, 1.82) is 0 Å². The van der Waals surface area contributed by atoms with E-state index in [2.05, 4.69) is 0 Å². The fourth-order valence-electron chi connectivity index (χ4n) is 1.98. The van der Waals surface area contributed by atoms with Crippen LogP contribution in [0.5, 0.6) is 11.5 Å². The van der Waals surface area contributed by atoms with Crippen LogP contribution in [0.15, 0.2) is 18.2 Å². The van der Waals surface area contributed by atoms with Gasteiger partial charge >= 0.3 is 5.97 Å². The van der Waals surface area contributed by atoms with Gasteiger partial charge in [0.1, 0.15) is 0 Å². The Bertz CT molecular complexity index is 407. The Morgan fingerprint density at radius 3 is 2.27 bits per heavy atom. The molecule has 2 rings (SSSR count). The lowest BCUT2D eigenvalue weighted by Gasteiger charge is -2.38. The molecule has 1 aliphatic carbocycles. The summed E-state index contributed by atoms with van der Waals surface area (Å²) in [7, 11) is 0. The van der Waals surface area contributed by atoms with Crippen LogP contribution in [0, 0.1) is 0 Å². The third-order valence-corrected chi connectivity index (χ3v) is 3.14. The van der Waals surface area contributed by atoms with Crippen LogP contribution >= 0.6 is 0 Å². The molecule has 0 radical (unpaired) electrons. The average Bonchev–Trinajstić information content (AvgIpc) is 2.08. The molecule has 1 aromatic rings. The molecule has 1 aliphatic rings. The van der Waals surface area contributed by atoms with Gasteiger partial charge in [0.05, 0.1) is 5.41 Å². The Morgan fingerprint density at radius 1 is 1.20 bits per heavy atom. The highest BCUT2D eigenvalue weighted by molar-refractivity contribution is 5.82. The van der Waals surface area contributed by atoms with Gasteiger partial charge in [0.15, 0.2) is 11.5 Å². The Hall–Kier alpha value is -1.71. The van der Waals surface area contributed by atoms with Crippen LogP contribution in [0.2, 0.25) is 0 Å². The number of phenolic OH excluding ortho intramolecular Hbond substituents is 2. The number of hydrogen-bond acceptors (Lipinski definition) is 3. The molecule has 1 fully saturated rings. The summed E-state index contributed by atoms with van der Waals surface area (Å²) in [5.41, 5.74) is -0.290. The van der Waals surface area contributed by atoms with Gasteiger partial charge < -0.3 is 15.3 Å². The maximum absolute atomic E-state index is 11.2. The van der Waals surface area contributed by atoms with Crippen LogP contribution in [0.4, 0.5) is 0 Å². The number of carboxylic acids is 1. The van der Waals surface area contributed by atoms with Crippen molar-refractivity contribution in [3.8, 4) is 11.5 Å². The van der Waals surface area contributed by atoms with E-state index in [0.717, 1.165) is 6.42 Å². The summed E-state index contributed by atoms with van der Waals surface area (Å²) >= 11 is 0. The van der Waals surface area contributed by atoms with Crippen molar-refractivity contribution in [3.63, 3.8) is 0 Å². The van der Waals surface area contributed by atoms with Gasteiger partial charge in [0.25, 0.3) is 0 Å². The Labute approximate surface area is 86.8 Å². The summed E-state index contributed by atoms with van der Waals surface area (Å²) in [6.45, 7) is 0. The summed E-state index contributed by atoms with van der Waals surface area (Å²) in [5.74, 6) is -1.35. The lowest BCUT2D eigenvalue weighted by Crippen LogP contribution is -2.42. The minimum Gasteiger partial charge on any atom is -0.504 e. The van der Waals surface area contributed by atoms with Gasteiger partial charge in [-0.05, 0) is 30.5 Å². The number of aliphatic carboxylic acids is 1. The van der Waals surface area contributed by atoms with Gasteiger partial charge in [-0.25, -0.2) is 0 Å². The molecule has 0 atom stereocenters. The normalized spacial score (nSPS) is 18.1. The predicted octanol–water partition coefficient (Wildman–Crippen LogP) is 1.60. The molecule has 0 unspecified atom stereocenters. The molecule has 4 heteroatoms. The minimum absolute atomic E-state index is 0.224. The predicted molar refractivity (Wildman–Crippen MR) is 52.9 cm³/mol. The summed E-state index contributed by atoms with van der Waals surface area (Å²) in [5, 5.41) is 27.6. The van der Waals surface area contributed by atoms with Crippen molar-refractivity contribution in [2.75, 3.05) is 0 Å². The molecule has 0 aliphatic heterocycles. The molecule has 15 heavy (non-hydrogen) atoms. The molecular weight excluding hydrogens is 196 g/mol. The number of phenols is 2. The molecule has 80 valence electrons. The largest absolute Gasteiger partial charge is 0.504 e. The molecule has 0 amide bonds. The summed E-state index contributed by atoms with van der Waals surface area (Å²) in [6, 6.07) is 4.22. The van der Waals surface area contributed by atoms with Gasteiger partial charge in [-0.15, -0.1) is 0 Å². The average molecular weight is 208 g/mol. The van der Waals surface area contributed by atoms with E-state index >= 15 is 0 Å². The zero-order valence-electron chi connectivity index (χ0n) is 8.10. The molecule has 3 N–H and O–H groups in total. The lowest BCUT2D eigenvalue weighted by molar-refractivity contribution is -0.147. The molecule has 0 spiro atoms. The van der Waals surface area contributed by atoms with Crippen molar-refractivity contribution in [1.82, 2.24) is 0 Å². The van der Waals surface area contributed by atoms with E-state index in [1.54, 1.807) is 6.07 Å². The van der Waals surface area contributed by atoms with E-state index in [1.807, 2.05) is 0 Å². The molecule has 0 saturated heterocycles. The third-order valence-electron chi connectivity index (χ3n) is 3.14. The number of carboxylic acid groups (broad SMARTS) is 1. The van der Waals surface area contributed by atoms with Gasteiger partial charge in [0, 0.05) is 0 Å². The SMILES string of the molecule is O=C(O)C1(c2ccc(O)c(O)c2)CCC1. The van der Waals surface area contributed by atoms with Crippen LogP contribution in [-0.4, -0.2) is 21.3 Å². The van der Waals surface area contributed by atoms with E-state index in [9.17, 15) is 9.90 Å². The first kappa shape index (κ1) is 9.83. The number of carbonyl (C=O) groups is 1. The summed E-state index contributed by atoms with van der Waals surface area (Å²) in [4.78, 5) is 11.2. The quantitative estimate of drug-likeness (QED) is 0.645. The van der Waals surface area contributed by atoms with Crippen LogP contribution in [-0.2, 0) is 10.2 Å². The molecule has 0 aromatic heterocycles. The molecule has 4 nitrogen and oxygen atoms in total. The zero-order valence-corrected chi connectivity index (χ0v) is 8.10. The van der Waals surface area contributed by atoms with Crippen molar-refractivity contribution in [2.45, 2.75) is 24.7 Å². The monoisotopic (exact) mass is 208 g/mol. The second-order valence-electron chi connectivity index (χ2n) is 3.94. The van der Waals surface area contributed by atoms with Crippen molar-refractivity contribution in [2.24, 2.45) is 0 Å². The maximum Gasteiger partial charge on any atom is 0.314 e. The van der Waals surface area contributed by atoms with Crippen molar-refractivity contribution in [3.05, 3.63) is 23.8 Å². The molecule has 0 bridgehead atoms. The number of hydrogen-bond donors (Lipinski definition) is 3. The first-order chi connectivity index (χ1) is 7.06. The van der Waals surface area contributed by atoms with Crippen LogP contribution in [0.25, 0.3) is 0 Å². The third kappa shape index (κ3) is 1.33. The highest BCUT2D eigenvalue weighted by atomic mass is 16.4. The highest BCUT2D eigenvalue weighted by Crippen LogP contribution is 2.45. The first-order valence-corrected chi connectivity index (χ1v) is 4.82. The van der Waals surface area contributed by atoms with Crippen LogP contribution in [0.3, 0.4) is 0 Å². The highest BCUT2D eigenvalue weighted by Gasteiger charge is 2.46. The standard InChI is InChI=1S/C11H12O4/c12-8-3-2-7(6-9(8)13)11(10(14)15)4-1-5-11/h2-3,6,12-13H,1,4-5H2,(H,14,15). The Balaban J connectivity index is 2.44. The molecule has 1 saturated carbocycles. The first-order valence-electron chi connectivity index (χ1n) is 4.82. The van der Waals surface area contributed by atoms with E-state index in [-0.39, 0.29) is 11.5 Å². The number of aromatic hydroxyl groups is 2. The Kier molecular flexibility index (Phi) is 2.07. The second-order valence-corrected chi connectivity index (χ2v) is 3.94. The fraction of sp³-hybridized carbons (Fsp3) is 0.364. The van der Waals surface area contributed by atoms with E-state index in [4.69, 9.17) is 10.2 Å². The van der Waals surface area contributed by atoms with Gasteiger partial charge in [-0.1, -0.05) is 12.5 Å². The summed E-state index contributed by atoms with van der Waals surface area (Å²) < 4.78 is 0. The zero-order chi connectivity index (χ0) is 11.1. The Morgan fingerprint density at radius 2 is 1.87 bits per heavy atom. The topological polar surface area (TPSA) is 77.8 Å². The number of rotatable bonds is 2. The maximum atomic E-state index is 11.2. The molecule has 1 aromatic carbocycles. The van der Waals surface area contributed by atoms with Crippen molar-refractivity contribution < 1.29 is 20.1 Å². The number of benzene rings is 1. The van der Waals surface area contributed by atoms with Gasteiger partial charge in [-0.2, -0.15) is 0 Å². The minimum atomic E-state index is -0.862. The van der Waals surface area contributed by atoms with E-state index < -0.39 is 11.4 Å². The van der Waals surface area contributed by atoms with Crippen LogP contribution in [0.1, 0.15) is 24.8 Å². The molecular formula is C11H12O4. The van der Waals surface area contributed by atoms with E-state index in [1.165, 1.54) is 12.1 Å². The lowest BCUT2D eigenvalue weighted by atomic mass is 9.64. The van der Waals surface area contributed by atoms with Gasteiger partial charge in [0.2, 0.25) is 0 Å².